The predicted octanol–water partition coefficient (Wildman–Crippen LogP) is 2.64. The van der Waals surface area contributed by atoms with Crippen LogP contribution >= 0.6 is 0 Å². The van der Waals surface area contributed by atoms with Crippen LogP contribution in [0.1, 0.15) is 52.4 Å². The first-order valence-electron chi connectivity index (χ1n) is 7.22. The standard InChI is InChI=1S/C14H28N2/c1-12-7-10-16(11-8-13(2)15-12)9-3-4-14-5-6-14/h12-15H,3-11H2,1-2H3. The van der Waals surface area contributed by atoms with Crippen LogP contribution in [0.15, 0.2) is 0 Å². The minimum absolute atomic E-state index is 0.696. The number of rotatable bonds is 4. The van der Waals surface area contributed by atoms with Gasteiger partial charge in [0.25, 0.3) is 0 Å². The van der Waals surface area contributed by atoms with Gasteiger partial charge in [-0.3, -0.25) is 0 Å². The van der Waals surface area contributed by atoms with E-state index in [-0.39, 0.29) is 0 Å². The topological polar surface area (TPSA) is 15.3 Å². The summed E-state index contributed by atoms with van der Waals surface area (Å²) in [6.45, 7) is 8.58. The lowest BCUT2D eigenvalue weighted by atomic mass is 10.1. The van der Waals surface area contributed by atoms with Gasteiger partial charge in [0.2, 0.25) is 0 Å². The van der Waals surface area contributed by atoms with Crippen molar-refractivity contribution >= 4 is 0 Å². The fourth-order valence-corrected chi connectivity index (χ4v) is 2.75. The summed E-state index contributed by atoms with van der Waals surface area (Å²) in [6.07, 6.45) is 8.57. The molecular weight excluding hydrogens is 196 g/mol. The van der Waals surface area contributed by atoms with Crippen LogP contribution in [0.25, 0.3) is 0 Å². The fourth-order valence-electron chi connectivity index (χ4n) is 2.75. The number of nitrogens with zero attached hydrogens (tertiary/aromatic N) is 1. The number of hydrogen-bond acceptors (Lipinski definition) is 2. The molecule has 94 valence electrons. The summed E-state index contributed by atoms with van der Waals surface area (Å²) >= 11 is 0. The van der Waals surface area contributed by atoms with Gasteiger partial charge >= 0.3 is 0 Å². The monoisotopic (exact) mass is 224 g/mol. The van der Waals surface area contributed by atoms with Crippen LogP contribution in [0.5, 0.6) is 0 Å². The molecule has 1 aliphatic carbocycles. The molecule has 1 saturated carbocycles. The van der Waals surface area contributed by atoms with Gasteiger partial charge in [0, 0.05) is 12.1 Å². The van der Waals surface area contributed by atoms with Crippen LogP contribution in [-0.4, -0.2) is 36.6 Å². The van der Waals surface area contributed by atoms with Gasteiger partial charge in [-0.1, -0.05) is 12.8 Å². The van der Waals surface area contributed by atoms with Gasteiger partial charge in [0.1, 0.15) is 0 Å². The van der Waals surface area contributed by atoms with Crippen molar-refractivity contribution in [1.29, 1.82) is 0 Å². The Balaban J connectivity index is 1.65. The van der Waals surface area contributed by atoms with E-state index in [9.17, 15) is 0 Å². The first-order valence-corrected chi connectivity index (χ1v) is 7.22. The molecule has 0 aromatic heterocycles. The lowest BCUT2D eigenvalue weighted by Crippen LogP contribution is -2.43. The Morgan fingerprint density at radius 2 is 1.62 bits per heavy atom. The van der Waals surface area contributed by atoms with Crippen molar-refractivity contribution in [2.75, 3.05) is 19.6 Å². The van der Waals surface area contributed by atoms with E-state index in [1.54, 1.807) is 0 Å². The minimum Gasteiger partial charge on any atom is -0.312 e. The van der Waals surface area contributed by atoms with Crippen LogP contribution in [0.2, 0.25) is 0 Å². The molecule has 1 N–H and O–H groups in total. The Kier molecular flexibility index (Phi) is 4.66. The second-order valence-corrected chi connectivity index (χ2v) is 5.97. The summed E-state index contributed by atoms with van der Waals surface area (Å²) < 4.78 is 0. The smallest absolute Gasteiger partial charge is 0.00533 e. The maximum atomic E-state index is 3.66. The highest BCUT2D eigenvalue weighted by atomic mass is 15.1. The van der Waals surface area contributed by atoms with Crippen molar-refractivity contribution in [1.82, 2.24) is 10.2 Å². The first-order chi connectivity index (χ1) is 7.74. The number of nitrogens with one attached hydrogen (secondary N) is 1. The van der Waals surface area contributed by atoms with Crippen LogP contribution in [0, 0.1) is 5.92 Å². The molecule has 0 bridgehead atoms. The fraction of sp³-hybridized carbons (Fsp3) is 1.00. The Hall–Kier alpha value is -0.0800. The zero-order valence-electron chi connectivity index (χ0n) is 11.0. The molecule has 2 unspecified atom stereocenters. The van der Waals surface area contributed by atoms with Gasteiger partial charge < -0.3 is 10.2 Å². The van der Waals surface area contributed by atoms with Crippen molar-refractivity contribution < 1.29 is 0 Å². The quantitative estimate of drug-likeness (QED) is 0.790. The van der Waals surface area contributed by atoms with Crippen molar-refractivity contribution in [2.45, 2.75) is 64.5 Å². The maximum absolute atomic E-state index is 3.66. The maximum Gasteiger partial charge on any atom is 0.00533 e. The van der Waals surface area contributed by atoms with Gasteiger partial charge in [0.05, 0.1) is 0 Å². The SMILES string of the molecule is CC1CCN(CCCC2CC2)CCC(C)N1. The minimum atomic E-state index is 0.696. The molecule has 2 nitrogen and oxygen atoms in total. The molecule has 1 saturated heterocycles. The summed E-state index contributed by atoms with van der Waals surface area (Å²) in [4.78, 5) is 2.69. The molecule has 0 amide bonds. The summed E-state index contributed by atoms with van der Waals surface area (Å²) in [6, 6.07) is 1.39. The molecule has 2 rings (SSSR count). The Labute approximate surface area is 101 Å². The van der Waals surface area contributed by atoms with Crippen LogP contribution in [0.3, 0.4) is 0 Å². The summed E-state index contributed by atoms with van der Waals surface area (Å²) in [5, 5.41) is 3.66. The third kappa shape index (κ3) is 4.42. The molecule has 2 atom stereocenters. The lowest BCUT2D eigenvalue weighted by molar-refractivity contribution is 0.214. The summed E-state index contributed by atoms with van der Waals surface area (Å²) in [5.74, 6) is 1.11. The molecule has 0 aromatic rings. The van der Waals surface area contributed by atoms with Crippen LogP contribution in [-0.2, 0) is 0 Å². The average Bonchev–Trinajstić information content (AvgIpc) is 3.03. The molecule has 2 heteroatoms. The van der Waals surface area contributed by atoms with Crippen LogP contribution in [0.4, 0.5) is 0 Å². The van der Waals surface area contributed by atoms with Crippen molar-refractivity contribution in [3.8, 4) is 0 Å². The third-order valence-corrected chi connectivity index (χ3v) is 4.11. The average molecular weight is 224 g/mol. The van der Waals surface area contributed by atoms with E-state index in [2.05, 4.69) is 24.1 Å². The zero-order valence-corrected chi connectivity index (χ0v) is 11.0. The molecule has 2 fully saturated rings. The predicted molar refractivity (Wildman–Crippen MR) is 69.7 cm³/mol. The van der Waals surface area contributed by atoms with E-state index in [0.717, 1.165) is 5.92 Å². The van der Waals surface area contributed by atoms with Crippen LogP contribution < -0.4 is 5.32 Å². The molecule has 1 aliphatic heterocycles. The molecule has 1 heterocycles. The first kappa shape index (κ1) is 12.4. The second kappa shape index (κ2) is 6.02. The van der Waals surface area contributed by atoms with E-state index < -0.39 is 0 Å². The highest BCUT2D eigenvalue weighted by Crippen LogP contribution is 2.33. The molecule has 0 spiro atoms. The highest BCUT2D eigenvalue weighted by molar-refractivity contribution is 4.77. The van der Waals surface area contributed by atoms with E-state index in [4.69, 9.17) is 0 Å². The summed E-state index contributed by atoms with van der Waals surface area (Å²) in [5.41, 5.74) is 0. The Bertz CT molecular complexity index is 189. The Morgan fingerprint density at radius 1 is 1.00 bits per heavy atom. The molecule has 0 aromatic carbocycles. The molecule has 2 aliphatic rings. The van der Waals surface area contributed by atoms with Crippen molar-refractivity contribution in [3.05, 3.63) is 0 Å². The van der Waals surface area contributed by atoms with E-state index >= 15 is 0 Å². The molecule has 16 heavy (non-hydrogen) atoms. The van der Waals surface area contributed by atoms with Crippen molar-refractivity contribution in [2.24, 2.45) is 5.92 Å². The van der Waals surface area contributed by atoms with Gasteiger partial charge in [-0.2, -0.15) is 0 Å². The second-order valence-electron chi connectivity index (χ2n) is 5.97. The van der Waals surface area contributed by atoms with E-state index in [1.165, 1.54) is 58.2 Å². The largest absolute Gasteiger partial charge is 0.312 e. The van der Waals surface area contributed by atoms with Crippen molar-refractivity contribution in [3.63, 3.8) is 0 Å². The van der Waals surface area contributed by atoms with Gasteiger partial charge in [-0.05, 0) is 65.1 Å². The lowest BCUT2D eigenvalue weighted by Gasteiger charge is -2.30. The third-order valence-electron chi connectivity index (χ3n) is 4.11. The Morgan fingerprint density at radius 3 is 2.19 bits per heavy atom. The van der Waals surface area contributed by atoms with Gasteiger partial charge in [-0.25, -0.2) is 0 Å². The highest BCUT2D eigenvalue weighted by Gasteiger charge is 2.21. The summed E-state index contributed by atoms with van der Waals surface area (Å²) in [7, 11) is 0. The zero-order chi connectivity index (χ0) is 11.4. The molecular formula is C14H28N2. The van der Waals surface area contributed by atoms with E-state index in [0.29, 0.717) is 12.1 Å². The van der Waals surface area contributed by atoms with Gasteiger partial charge in [0.15, 0.2) is 0 Å². The van der Waals surface area contributed by atoms with E-state index in [1.807, 2.05) is 0 Å². The van der Waals surface area contributed by atoms with Gasteiger partial charge in [-0.15, -0.1) is 0 Å². The molecule has 0 radical (unpaired) electrons. The number of hydrogen-bond donors (Lipinski definition) is 1. The normalized spacial score (nSPS) is 33.4.